The number of nitrogens with two attached hydrogens (primary N) is 1. The molecule has 1 fully saturated rings. The Morgan fingerprint density at radius 2 is 2.00 bits per heavy atom. The van der Waals surface area contributed by atoms with Crippen molar-refractivity contribution in [3.8, 4) is 0 Å². The largest absolute Gasteiger partial charge is 0.326 e. The van der Waals surface area contributed by atoms with Crippen molar-refractivity contribution in [3.05, 3.63) is 23.8 Å². The maximum absolute atomic E-state index is 5.55. The van der Waals surface area contributed by atoms with Gasteiger partial charge in [-0.2, -0.15) is 0 Å². The minimum atomic E-state index is 0.286. The standard InChI is InChI=1S/C12H21N5/c1-16-4-3-5-17(2)11(9-16)12-14-7-10(6-13)8-15-12/h7-8,11H,3-6,9,13H2,1-2H3. The van der Waals surface area contributed by atoms with Crippen LogP contribution in [0.1, 0.15) is 23.9 Å². The molecule has 1 aromatic heterocycles. The third-order valence-electron chi connectivity index (χ3n) is 3.33. The minimum Gasteiger partial charge on any atom is -0.326 e. The van der Waals surface area contributed by atoms with Crippen molar-refractivity contribution in [1.29, 1.82) is 0 Å². The summed E-state index contributed by atoms with van der Waals surface area (Å²) < 4.78 is 0. The smallest absolute Gasteiger partial charge is 0.146 e. The highest BCUT2D eigenvalue weighted by atomic mass is 15.2. The highest BCUT2D eigenvalue weighted by molar-refractivity contribution is 5.07. The van der Waals surface area contributed by atoms with Crippen molar-refractivity contribution < 1.29 is 0 Å². The molecular weight excluding hydrogens is 214 g/mol. The van der Waals surface area contributed by atoms with Crippen LogP contribution in [0.2, 0.25) is 0 Å². The minimum absolute atomic E-state index is 0.286. The summed E-state index contributed by atoms with van der Waals surface area (Å²) in [6, 6.07) is 0.286. The van der Waals surface area contributed by atoms with Crippen molar-refractivity contribution >= 4 is 0 Å². The molecule has 1 atom stereocenters. The van der Waals surface area contributed by atoms with Crippen LogP contribution < -0.4 is 5.73 Å². The van der Waals surface area contributed by atoms with Gasteiger partial charge in [-0.1, -0.05) is 0 Å². The van der Waals surface area contributed by atoms with Crippen molar-refractivity contribution in [2.45, 2.75) is 19.0 Å². The lowest BCUT2D eigenvalue weighted by Crippen LogP contribution is -2.31. The number of hydrogen-bond acceptors (Lipinski definition) is 5. The highest BCUT2D eigenvalue weighted by Crippen LogP contribution is 2.19. The van der Waals surface area contributed by atoms with Crippen molar-refractivity contribution in [2.75, 3.05) is 33.7 Å². The maximum atomic E-state index is 5.55. The van der Waals surface area contributed by atoms with E-state index in [1.807, 2.05) is 12.4 Å². The second-order valence-electron chi connectivity index (χ2n) is 4.77. The Morgan fingerprint density at radius 1 is 1.29 bits per heavy atom. The van der Waals surface area contributed by atoms with E-state index in [9.17, 15) is 0 Å². The Bertz CT molecular complexity index is 350. The molecule has 0 amide bonds. The van der Waals surface area contributed by atoms with E-state index in [2.05, 4.69) is 33.9 Å². The molecular formula is C12H21N5. The summed E-state index contributed by atoms with van der Waals surface area (Å²) in [4.78, 5) is 13.6. The van der Waals surface area contributed by atoms with Gasteiger partial charge in [-0.05, 0) is 33.6 Å². The Morgan fingerprint density at radius 3 is 2.65 bits per heavy atom. The molecule has 0 aliphatic carbocycles. The zero-order chi connectivity index (χ0) is 12.3. The quantitative estimate of drug-likeness (QED) is 0.796. The molecule has 2 rings (SSSR count). The summed E-state index contributed by atoms with van der Waals surface area (Å²) >= 11 is 0. The lowest BCUT2D eigenvalue weighted by Gasteiger charge is -2.25. The van der Waals surface area contributed by atoms with Crippen LogP contribution in [0, 0.1) is 0 Å². The van der Waals surface area contributed by atoms with Crippen molar-refractivity contribution in [2.24, 2.45) is 5.73 Å². The van der Waals surface area contributed by atoms with E-state index >= 15 is 0 Å². The van der Waals surface area contributed by atoms with Crippen LogP contribution in [-0.4, -0.2) is 53.5 Å². The first-order chi connectivity index (χ1) is 8.20. The van der Waals surface area contributed by atoms with Crippen LogP contribution in [0.25, 0.3) is 0 Å². The van der Waals surface area contributed by atoms with Gasteiger partial charge < -0.3 is 10.6 Å². The Balaban J connectivity index is 2.17. The lowest BCUT2D eigenvalue weighted by molar-refractivity contribution is 0.219. The fourth-order valence-electron chi connectivity index (χ4n) is 2.19. The number of rotatable bonds is 2. The van der Waals surface area contributed by atoms with Crippen molar-refractivity contribution in [1.82, 2.24) is 19.8 Å². The van der Waals surface area contributed by atoms with E-state index in [1.165, 1.54) is 6.42 Å². The van der Waals surface area contributed by atoms with E-state index in [1.54, 1.807) is 0 Å². The summed E-state index contributed by atoms with van der Waals surface area (Å²) in [5.74, 6) is 0.901. The number of hydrogen-bond donors (Lipinski definition) is 1. The summed E-state index contributed by atoms with van der Waals surface area (Å²) in [6.07, 6.45) is 4.87. The third kappa shape index (κ3) is 3.00. The second-order valence-corrected chi connectivity index (χ2v) is 4.77. The van der Waals surface area contributed by atoms with Crippen LogP contribution >= 0.6 is 0 Å². The zero-order valence-corrected chi connectivity index (χ0v) is 10.6. The Labute approximate surface area is 103 Å². The number of likely N-dealkylation sites (N-methyl/N-ethyl adjacent to an activating group) is 2. The molecule has 0 bridgehead atoms. The molecule has 0 spiro atoms. The third-order valence-corrected chi connectivity index (χ3v) is 3.33. The molecule has 2 heterocycles. The second kappa shape index (κ2) is 5.53. The van der Waals surface area contributed by atoms with Gasteiger partial charge in [-0.25, -0.2) is 9.97 Å². The predicted molar refractivity (Wildman–Crippen MR) is 67.4 cm³/mol. The molecule has 1 aliphatic heterocycles. The molecule has 1 aliphatic rings. The average molecular weight is 235 g/mol. The molecule has 1 unspecified atom stereocenters. The molecule has 1 saturated heterocycles. The number of aromatic nitrogens is 2. The van der Waals surface area contributed by atoms with E-state index in [4.69, 9.17) is 5.73 Å². The molecule has 0 aromatic carbocycles. The van der Waals surface area contributed by atoms with Gasteiger partial charge in [0.15, 0.2) is 0 Å². The topological polar surface area (TPSA) is 58.3 Å². The average Bonchev–Trinajstić information content (AvgIpc) is 2.51. The fraction of sp³-hybridized carbons (Fsp3) is 0.667. The molecule has 5 nitrogen and oxygen atoms in total. The lowest BCUT2D eigenvalue weighted by atomic mass is 10.2. The summed E-state index contributed by atoms with van der Waals surface area (Å²) in [5.41, 5.74) is 6.54. The fourth-order valence-corrected chi connectivity index (χ4v) is 2.19. The first-order valence-electron chi connectivity index (χ1n) is 6.10. The van der Waals surface area contributed by atoms with Crippen LogP contribution in [-0.2, 0) is 6.54 Å². The summed E-state index contributed by atoms with van der Waals surface area (Å²) in [6.45, 7) is 3.72. The van der Waals surface area contributed by atoms with Crippen LogP contribution in [0.15, 0.2) is 12.4 Å². The van der Waals surface area contributed by atoms with Gasteiger partial charge in [-0.15, -0.1) is 0 Å². The van der Waals surface area contributed by atoms with Crippen molar-refractivity contribution in [3.63, 3.8) is 0 Å². The van der Waals surface area contributed by atoms with Gasteiger partial charge in [-0.3, -0.25) is 4.90 Å². The molecule has 2 N–H and O–H groups in total. The van der Waals surface area contributed by atoms with Gasteiger partial charge in [0.05, 0.1) is 6.04 Å². The zero-order valence-electron chi connectivity index (χ0n) is 10.6. The SMILES string of the molecule is CN1CCCN(C)C(c2ncc(CN)cn2)C1. The van der Waals surface area contributed by atoms with E-state index in [-0.39, 0.29) is 6.04 Å². The van der Waals surface area contributed by atoms with Gasteiger partial charge in [0.2, 0.25) is 0 Å². The van der Waals surface area contributed by atoms with Gasteiger partial charge in [0.1, 0.15) is 5.82 Å². The summed E-state index contributed by atoms with van der Waals surface area (Å²) in [7, 11) is 4.30. The first-order valence-corrected chi connectivity index (χ1v) is 6.10. The van der Waals surface area contributed by atoms with Gasteiger partial charge in [0.25, 0.3) is 0 Å². The molecule has 0 saturated carbocycles. The summed E-state index contributed by atoms with van der Waals surface area (Å²) in [5, 5.41) is 0. The predicted octanol–water partition coefficient (Wildman–Crippen LogP) is 0.244. The molecule has 1 aromatic rings. The van der Waals surface area contributed by atoms with E-state index in [0.717, 1.165) is 31.0 Å². The monoisotopic (exact) mass is 235 g/mol. The molecule has 17 heavy (non-hydrogen) atoms. The molecule has 5 heteroatoms. The number of nitrogens with zero attached hydrogens (tertiary/aromatic N) is 4. The Kier molecular flexibility index (Phi) is 4.04. The normalized spacial score (nSPS) is 23.6. The highest BCUT2D eigenvalue weighted by Gasteiger charge is 2.23. The van der Waals surface area contributed by atoms with Crippen LogP contribution in [0.4, 0.5) is 0 Å². The molecule has 0 radical (unpaired) electrons. The Hall–Kier alpha value is -1.04. The van der Waals surface area contributed by atoms with E-state index < -0.39 is 0 Å². The van der Waals surface area contributed by atoms with E-state index in [0.29, 0.717) is 6.54 Å². The molecule has 94 valence electrons. The first kappa shape index (κ1) is 12.4. The maximum Gasteiger partial charge on any atom is 0.146 e. The van der Waals surface area contributed by atoms with Crippen LogP contribution in [0.5, 0.6) is 0 Å². The van der Waals surface area contributed by atoms with Crippen LogP contribution in [0.3, 0.4) is 0 Å². The van der Waals surface area contributed by atoms with Gasteiger partial charge >= 0.3 is 0 Å². The van der Waals surface area contributed by atoms with Gasteiger partial charge in [0, 0.05) is 31.0 Å².